The monoisotopic (exact) mass is 265 g/mol. The third-order valence-electron chi connectivity index (χ3n) is 1.71. The molecule has 0 bridgehead atoms. The van der Waals surface area contributed by atoms with E-state index in [9.17, 15) is 9.50 Å². The topological polar surface area (TPSA) is 61.7 Å². The maximum Gasteiger partial charge on any atom is 0.175 e. The molecule has 0 aliphatic rings. The van der Waals surface area contributed by atoms with Crippen molar-refractivity contribution in [2.75, 3.05) is 7.11 Å². The number of halogens is 2. The van der Waals surface area contributed by atoms with Gasteiger partial charge in [0.25, 0.3) is 0 Å². The number of hydrogen-bond donors (Lipinski definition) is 3. The van der Waals surface area contributed by atoms with Crippen LogP contribution in [0.5, 0.6) is 11.5 Å². The lowest BCUT2D eigenvalue weighted by molar-refractivity contribution is 0.159. The molecule has 0 atom stereocenters. The number of phenolic OH excluding ortho intramolecular Hbond substituents is 1. The highest BCUT2D eigenvalue weighted by Crippen LogP contribution is 2.38. The first-order chi connectivity index (χ1) is 6.61. The first kappa shape index (κ1) is 11.2. The smallest absolute Gasteiger partial charge is 0.175 e. The molecule has 0 radical (unpaired) electrons. The van der Waals surface area contributed by atoms with Crippen molar-refractivity contribution in [3.05, 3.63) is 21.9 Å². The maximum atomic E-state index is 13.2. The van der Waals surface area contributed by atoms with Crippen LogP contribution < -0.4 is 10.2 Å². The van der Waals surface area contributed by atoms with Gasteiger partial charge in [-0.3, -0.25) is 0 Å². The average Bonchev–Trinajstić information content (AvgIpc) is 2.12. The molecule has 0 heterocycles. The predicted molar refractivity (Wildman–Crippen MR) is 50.9 cm³/mol. The van der Waals surface area contributed by atoms with E-state index >= 15 is 0 Å². The van der Waals surface area contributed by atoms with Gasteiger partial charge in [0.15, 0.2) is 11.5 Å². The maximum absolute atomic E-state index is 13.2. The van der Waals surface area contributed by atoms with Gasteiger partial charge in [0.05, 0.1) is 11.6 Å². The zero-order chi connectivity index (χ0) is 10.7. The first-order valence-electron chi connectivity index (χ1n) is 3.72. The minimum atomic E-state index is -0.628. The van der Waals surface area contributed by atoms with Crippen LogP contribution in [0.25, 0.3) is 0 Å². The Morgan fingerprint density at radius 2 is 2.29 bits per heavy atom. The van der Waals surface area contributed by atoms with Crippen molar-refractivity contribution < 1.29 is 19.4 Å². The molecule has 0 aliphatic carbocycles. The number of hydroxylamine groups is 1. The Kier molecular flexibility index (Phi) is 3.68. The van der Waals surface area contributed by atoms with Gasteiger partial charge in [-0.25, -0.2) is 9.87 Å². The molecule has 0 fully saturated rings. The molecule has 0 saturated heterocycles. The molecule has 0 aromatic heterocycles. The van der Waals surface area contributed by atoms with Crippen LogP contribution >= 0.6 is 15.9 Å². The molecular formula is C8H9BrFNO3. The van der Waals surface area contributed by atoms with Crippen molar-refractivity contribution in [2.24, 2.45) is 0 Å². The number of rotatable bonds is 3. The minimum absolute atomic E-state index is 0.0803. The Labute approximate surface area is 88.4 Å². The second-order valence-corrected chi connectivity index (χ2v) is 3.33. The van der Waals surface area contributed by atoms with Crippen molar-refractivity contribution in [3.8, 4) is 11.5 Å². The lowest BCUT2D eigenvalue weighted by Gasteiger charge is -2.11. The first-order valence-corrected chi connectivity index (χ1v) is 4.52. The van der Waals surface area contributed by atoms with Crippen LogP contribution in [0.1, 0.15) is 5.56 Å². The molecule has 6 heteroatoms. The summed E-state index contributed by atoms with van der Waals surface area (Å²) >= 11 is 3.07. The van der Waals surface area contributed by atoms with Gasteiger partial charge in [0.2, 0.25) is 0 Å². The second-order valence-electron chi connectivity index (χ2n) is 2.54. The SMILES string of the molecule is COc1c(O)cc(F)c(CNO)c1Br. The average molecular weight is 266 g/mol. The zero-order valence-electron chi connectivity index (χ0n) is 7.34. The summed E-state index contributed by atoms with van der Waals surface area (Å²) in [7, 11) is 1.36. The van der Waals surface area contributed by atoms with E-state index in [1.807, 2.05) is 5.48 Å². The number of hydrogen-bond acceptors (Lipinski definition) is 4. The molecule has 0 amide bonds. The van der Waals surface area contributed by atoms with Crippen LogP contribution in [0.15, 0.2) is 10.5 Å². The molecule has 0 aliphatic heterocycles. The molecule has 1 aromatic carbocycles. The van der Waals surface area contributed by atoms with Gasteiger partial charge in [-0.2, -0.15) is 0 Å². The Hall–Kier alpha value is -0.850. The second kappa shape index (κ2) is 4.59. The fraction of sp³-hybridized carbons (Fsp3) is 0.250. The highest BCUT2D eigenvalue weighted by molar-refractivity contribution is 9.10. The van der Waals surface area contributed by atoms with Crippen LogP contribution in [0, 0.1) is 5.82 Å². The van der Waals surface area contributed by atoms with Crippen molar-refractivity contribution in [2.45, 2.75) is 6.54 Å². The van der Waals surface area contributed by atoms with E-state index in [0.717, 1.165) is 6.07 Å². The number of phenols is 1. The Morgan fingerprint density at radius 1 is 1.64 bits per heavy atom. The van der Waals surface area contributed by atoms with Gasteiger partial charge in [-0.1, -0.05) is 0 Å². The highest BCUT2D eigenvalue weighted by atomic mass is 79.9. The van der Waals surface area contributed by atoms with E-state index in [1.54, 1.807) is 0 Å². The van der Waals surface area contributed by atoms with Gasteiger partial charge >= 0.3 is 0 Å². The zero-order valence-corrected chi connectivity index (χ0v) is 8.93. The molecule has 0 saturated carbocycles. The highest BCUT2D eigenvalue weighted by Gasteiger charge is 2.16. The quantitative estimate of drug-likeness (QED) is 0.730. The van der Waals surface area contributed by atoms with Crippen LogP contribution in [-0.4, -0.2) is 17.4 Å². The van der Waals surface area contributed by atoms with E-state index in [0.29, 0.717) is 0 Å². The molecule has 0 unspecified atom stereocenters. The van der Waals surface area contributed by atoms with Crippen LogP contribution in [0.2, 0.25) is 0 Å². The molecule has 1 rings (SSSR count). The summed E-state index contributed by atoms with van der Waals surface area (Å²) in [6.45, 7) is -0.0803. The van der Waals surface area contributed by atoms with Crippen molar-refractivity contribution in [1.29, 1.82) is 0 Å². The van der Waals surface area contributed by atoms with Gasteiger partial charge in [0.1, 0.15) is 5.82 Å². The minimum Gasteiger partial charge on any atom is -0.504 e. The van der Waals surface area contributed by atoms with Gasteiger partial charge in [0, 0.05) is 18.2 Å². The molecule has 14 heavy (non-hydrogen) atoms. The van der Waals surface area contributed by atoms with Gasteiger partial charge in [-0.15, -0.1) is 0 Å². The van der Waals surface area contributed by atoms with E-state index in [-0.39, 0.29) is 28.1 Å². The number of ether oxygens (including phenoxy) is 1. The molecule has 78 valence electrons. The normalized spacial score (nSPS) is 10.3. The lowest BCUT2D eigenvalue weighted by atomic mass is 10.2. The number of methoxy groups -OCH3 is 1. The summed E-state index contributed by atoms with van der Waals surface area (Å²) in [6, 6.07) is 0.927. The van der Waals surface area contributed by atoms with Gasteiger partial charge in [-0.05, 0) is 15.9 Å². The standard InChI is InChI=1S/C8H9BrFNO3/c1-14-8-6(12)2-5(10)4(3-11-13)7(8)9/h2,11-13H,3H2,1H3. The molecule has 4 nitrogen and oxygen atoms in total. The Bertz CT molecular complexity index is 346. The van der Waals surface area contributed by atoms with E-state index in [4.69, 9.17) is 9.94 Å². The van der Waals surface area contributed by atoms with Crippen molar-refractivity contribution in [3.63, 3.8) is 0 Å². The molecule has 0 spiro atoms. The van der Waals surface area contributed by atoms with Crippen molar-refractivity contribution >= 4 is 15.9 Å². The summed E-state index contributed by atoms with van der Waals surface area (Å²) in [5, 5.41) is 17.7. The van der Waals surface area contributed by atoms with Gasteiger partial charge < -0.3 is 15.1 Å². The summed E-state index contributed by atoms with van der Waals surface area (Å²) in [5.41, 5.74) is 2.01. The van der Waals surface area contributed by atoms with Crippen molar-refractivity contribution in [1.82, 2.24) is 5.48 Å². The Morgan fingerprint density at radius 3 is 2.79 bits per heavy atom. The fourth-order valence-corrected chi connectivity index (χ4v) is 1.76. The summed E-state index contributed by atoms with van der Waals surface area (Å²) in [5.74, 6) is -0.785. The van der Waals surface area contributed by atoms with Crippen LogP contribution in [0.3, 0.4) is 0 Å². The molecule has 1 aromatic rings. The summed E-state index contributed by atoms with van der Waals surface area (Å²) in [4.78, 5) is 0. The predicted octanol–water partition coefficient (Wildman–Crippen LogP) is 1.78. The summed E-state index contributed by atoms with van der Waals surface area (Å²) in [6.07, 6.45) is 0. The molecular weight excluding hydrogens is 257 g/mol. The summed E-state index contributed by atoms with van der Waals surface area (Å²) < 4.78 is 18.3. The molecule has 3 N–H and O–H groups in total. The van der Waals surface area contributed by atoms with Crippen LogP contribution in [0.4, 0.5) is 4.39 Å². The number of nitrogens with one attached hydrogen (secondary N) is 1. The number of aromatic hydroxyl groups is 1. The Balaban J connectivity index is 3.28. The number of benzene rings is 1. The van der Waals surface area contributed by atoms with Crippen LogP contribution in [-0.2, 0) is 6.54 Å². The largest absolute Gasteiger partial charge is 0.504 e. The van der Waals surface area contributed by atoms with E-state index in [1.165, 1.54) is 7.11 Å². The lowest BCUT2D eigenvalue weighted by Crippen LogP contribution is -2.09. The van der Waals surface area contributed by atoms with E-state index in [2.05, 4.69) is 15.9 Å². The third-order valence-corrected chi connectivity index (χ3v) is 2.55. The third kappa shape index (κ3) is 1.97. The van der Waals surface area contributed by atoms with E-state index < -0.39 is 5.82 Å². The fourth-order valence-electron chi connectivity index (χ4n) is 1.06.